The van der Waals surface area contributed by atoms with E-state index in [2.05, 4.69) is 56.6 Å². The highest BCUT2D eigenvalue weighted by Gasteiger charge is 2.17. The molecule has 0 amide bonds. The summed E-state index contributed by atoms with van der Waals surface area (Å²) in [5.41, 5.74) is 4.39. The lowest BCUT2D eigenvalue weighted by atomic mass is 10.0. The van der Waals surface area contributed by atoms with E-state index in [1.165, 1.54) is 16.0 Å². The zero-order valence-electron chi connectivity index (χ0n) is 16.5. The summed E-state index contributed by atoms with van der Waals surface area (Å²) in [6.45, 7) is 16.2. The molecule has 0 aliphatic rings. The van der Waals surface area contributed by atoms with Gasteiger partial charge in [0.25, 0.3) is 0 Å². The molecule has 1 N–H and O–H groups in total. The van der Waals surface area contributed by atoms with Gasteiger partial charge in [-0.3, -0.25) is 9.80 Å². The standard InChI is InChI=1S/C20H30N2OS3/c1-6-21(7-2)12-16-10-15(19-14(5)20(24)26-25-19)11-17(18(16)23)13-22(8-3)9-4/h10-11,23H,6-9,12-13H2,1-5H3. The highest BCUT2D eigenvalue weighted by atomic mass is 32.9. The van der Waals surface area contributed by atoms with Gasteiger partial charge in [-0.1, -0.05) is 60.6 Å². The van der Waals surface area contributed by atoms with Crippen LogP contribution >= 0.6 is 32.9 Å². The number of nitrogens with zero attached hydrogens (tertiary/aromatic N) is 2. The largest absolute Gasteiger partial charge is 0.507 e. The average molecular weight is 411 g/mol. The number of hydrogen-bond acceptors (Lipinski definition) is 6. The number of hydrogen-bond donors (Lipinski definition) is 1. The van der Waals surface area contributed by atoms with Gasteiger partial charge in [0, 0.05) is 24.2 Å². The van der Waals surface area contributed by atoms with Crippen molar-refractivity contribution in [3.63, 3.8) is 0 Å². The fraction of sp³-hybridized carbons (Fsp3) is 0.550. The van der Waals surface area contributed by atoms with Crippen LogP contribution in [0.4, 0.5) is 0 Å². The molecule has 2 rings (SSSR count). The van der Waals surface area contributed by atoms with Gasteiger partial charge in [0.05, 0.1) is 4.88 Å². The molecular weight excluding hydrogens is 380 g/mol. The summed E-state index contributed by atoms with van der Waals surface area (Å²) in [7, 11) is 3.40. The number of phenols is 1. The third kappa shape index (κ3) is 4.93. The van der Waals surface area contributed by atoms with Gasteiger partial charge in [0.2, 0.25) is 0 Å². The second-order valence-electron chi connectivity index (χ2n) is 6.47. The Morgan fingerprint density at radius 2 is 1.35 bits per heavy atom. The van der Waals surface area contributed by atoms with E-state index in [1.807, 2.05) is 0 Å². The minimum absolute atomic E-state index is 0.448. The van der Waals surface area contributed by atoms with Crippen molar-refractivity contribution in [3.05, 3.63) is 32.6 Å². The molecule has 3 nitrogen and oxygen atoms in total. The molecule has 0 spiro atoms. The predicted molar refractivity (Wildman–Crippen MR) is 118 cm³/mol. The van der Waals surface area contributed by atoms with Crippen LogP contribution < -0.4 is 0 Å². The van der Waals surface area contributed by atoms with E-state index in [0.29, 0.717) is 5.75 Å². The van der Waals surface area contributed by atoms with Crippen molar-refractivity contribution in [1.82, 2.24) is 9.80 Å². The summed E-state index contributed by atoms with van der Waals surface area (Å²) >= 11 is 5.44. The van der Waals surface area contributed by atoms with Crippen LogP contribution in [0.1, 0.15) is 44.4 Å². The topological polar surface area (TPSA) is 26.7 Å². The van der Waals surface area contributed by atoms with Crippen molar-refractivity contribution < 1.29 is 5.11 Å². The van der Waals surface area contributed by atoms with Crippen molar-refractivity contribution in [2.75, 3.05) is 26.2 Å². The Morgan fingerprint density at radius 1 is 0.885 bits per heavy atom. The van der Waals surface area contributed by atoms with Gasteiger partial charge in [-0.15, -0.1) is 0 Å². The maximum absolute atomic E-state index is 10.9. The smallest absolute Gasteiger partial charge is 0.124 e. The van der Waals surface area contributed by atoms with Gasteiger partial charge in [-0.25, -0.2) is 0 Å². The van der Waals surface area contributed by atoms with Crippen molar-refractivity contribution in [3.8, 4) is 16.2 Å². The lowest BCUT2D eigenvalue weighted by Gasteiger charge is -2.23. The highest BCUT2D eigenvalue weighted by Crippen LogP contribution is 2.38. The summed E-state index contributed by atoms with van der Waals surface area (Å²) in [6.07, 6.45) is 0. The molecule has 0 fully saturated rings. The number of aromatic hydroxyl groups is 1. The van der Waals surface area contributed by atoms with E-state index in [1.54, 1.807) is 20.7 Å². The van der Waals surface area contributed by atoms with Crippen LogP contribution in [0.2, 0.25) is 0 Å². The van der Waals surface area contributed by atoms with E-state index in [9.17, 15) is 5.11 Å². The molecule has 1 heterocycles. The summed E-state index contributed by atoms with van der Waals surface area (Å²) in [6, 6.07) is 4.30. The quantitative estimate of drug-likeness (QED) is 0.411. The van der Waals surface area contributed by atoms with Crippen LogP contribution in [0.3, 0.4) is 0 Å². The second-order valence-corrected chi connectivity index (χ2v) is 9.29. The Labute approximate surface area is 170 Å². The monoisotopic (exact) mass is 410 g/mol. The summed E-state index contributed by atoms with van der Waals surface area (Å²) in [5, 5.41) is 10.9. The van der Waals surface area contributed by atoms with Gasteiger partial charge in [0.15, 0.2) is 0 Å². The lowest BCUT2D eigenvalue weighted by molar-refractivity contribution is 0.281. The molecule has 0 unspecified atom stereocenters. The lowest BCUT2D eigenvalue weighted by Crippen LogP contribution is -2.24. The van der Waals surface area contributed by atoms with E-state index in [-0.39, 0.29) is 0 Å². The Balaban J connectivity index is 2.54. The van der Waals surface area contributed by atoms with Gasteiger partial charge < -0.3 is 5.11 Å². The molecule has 6 heteroatoms. The Bertz CT molecular complexity index is 739. The maximum Gasteiger partial charge on any atom is 0.124 e. The van der Waals surface area contributed by atoms with Crippen LogP contribution in [0, 0.1) is 10.7 Å². The Morgan fingerprint density at radius 3 is 1.69 bits per heavy atom. The van der Waals surface area contributed by atoms with E-state index >= 15 is 0 Å². The van der Waals surface area contributed by atoms with E-state index < -0.39 is 0 Å². The number of benzene rings is 1. The molecular formula is C20H30N2OS3. The third-order valence-electron chi connectivity index (χ3n) is 4.95. The second kappa shape index (κ2) is 9.95. The molecule has 0 saturated heterocycles. The van der Waals surface area contributed by atoms with Crippen LogP contribution in [0.5, 0.6) is 5.75 Å². The van der Waals surface area contributed by atoms with Crippen LogP contribution in [-0.4, -0.2) is 41.1 Å². The highest BCUT2D eigenvalue weighted by molar-refractivity contribution is 7.80. The van der Waals surface area contributed by atoms with Gasteiger partial charge in [-0.2, -0.15) is 0 Å². The first-order valence-electron chi connectivity index (χ1n) is 9.34. The van der Waals surface area contributed by atoms with Gasteiger partial charge in [-0.05, 0) is 56.4 Å². The SMILES string of the molecule is CCN(CC)Cc1cc(-c2ssc(=S)c2C)cc(CN(CC)CC)c1O. The van der Waals surface area contributed by atoms with Crippen LogP contribution in [-0.2, 0) is 13.1 Å². The number of rotatable bonds is 9. The normalized spacial score (nSPS) is 11.7. The van der Waals surface area contributed by atoms with E-state index in [0.717, 1.165) is 54.2 Å². The van der Waals surface area contributed by atoms with Crippen molar-refractivity contribution in [2.45, 2.75) is 47.7 Å². The Kier molecular flexibility index (Phi) is 8.23. The molecule has 0 atom stereocenters. The van der Waals surface area contributed by atoms with Crippen LogP contribution in [0.25, 0.3) is 10.4 Å². The average Bonchev–Trinajstić information content (AvgIpc) is 2.98. The molecule has 0 aliphatic heterocycles. The molecule has 0 aliphatic carbocycles. The van der Waals surface area contributed by atoms with Crippen molar-refractivity contribution in [1.29, 1.82) is 0 Å². The Hall–Kier alpha value is -0.790. The molecule has 1 aromatic carbocycles. The molecule has 26 heavy (non-hydrogen) atoms. The number of phenolic OH excluding ortho intramolecular Hbond substituents is 1. The molecule has 0 saturated carbocycles. The van der Waals surface area contributed by atoms with Gasteiger partial charge >= 0.3 is 0 Å². The zero-order valence-corrected chi connectivity index (χ0v) is 18.9. The van der Waals surface area contributed by atoms with Crippen molar-refractivity contribution >= 4 is 32.9 Å². The van der Waals surface area contributed by atoms with Gasteiger partial charge in [0.1, 0.15) is 9.57 Å². The van der Waals surface area contributed by atoms with Crippen LogP contribution in [0.15, 0.2) is 12.1 Å². The minimum atomic E-state index is 0.448. The first-order chi connectivity index (χ1) is 12.4. The maximum atomic E-state index is 10.9. The molecule has 1 aromatic heterocycles. The molecule has 0 radical (unpaired) electrons. The summed E-state index contributed by atoms with van der Waals surface area (Å²) in [5.74, 6) is 0.448. The van der Waals surface area contributed by atoms with Crippen molar-refractivity contribution in [2.24, 2.45) is 0 Å². The minimum Gasteiger partial charge on any atom is -0.507 e. The summed E-state index contributed by atoms with van der Waals surface area (Å²) < 4.78 is 0.966. The third-order valence-corrected chi connectivity index (χ3v) is 8.33. The predicted octanol–water partition coefficient (Wildman–Crippen LogP) is 5.90. The fourth-order valence-corrected chi connectivity index (χ4v) is 5.95. The first kappa shape index (κ1) is 21.5. The summed E-state index contributed by atoms with van der Waals surface area (Å²) in [4.78, 5) is 5.91. The fourth-order valence-electron chi connectivity index (χ4n) is 3.07. The zero-order chi connectivity index (χ0) is 19.3. The molecule has 144 valence electrons. The van der Waals surface area contributed by atoms with E-state index in [4.69, 9.17) is 12.2 Å². The first-order valence-corrected chi connectivity index (χ1v) is 11.9. The molecule has 2 aromatic rings. The molecule has 0 bridgehead atoms.